The number of tetrazole rings is 1. The van der Waals surface area contributed by atoms with Crippen molar-refractivity contribution in [3.63, 3.8) is 0 Å². The molecule has 0 spiro atoms. The minimum absolute atomic E-state index is 0.167. The van der Waals surface area contributed by atoms with Gasteiger partial charge in [-0.3, -0.25) is 9.59 Å². The molecule has 0 unspecified atom stereocenters. The molecule has 0 fully saturated rings. The molecule has 38 heavy (non-hydrogen) atoms. The molecule has 9 nitrogen and oxygen atoms in total. The molecule has 0 aliphatic carbocycles. The lowest BCUT2D eigenvalue weighted by Crippen LogP contribution is -2.49. The number of thiophene rings is 1. The van der Waals surface area contributed by atoms with Gasteiger partial charge in [-0.15, -0.1) is 21.5 Å². The van der Waals surface area contributed by atoms with Crippen molar-refractivity contribution in [2.24, 2.45) is 0 Å². The first-order chi connectivity index (χ1) is 18.1. The van der Waals surface area contributed by atoms with Crippen molar-refractivity contribution in [1.82, 2.24) is 30.4 Å². The smallest absolute Gasteiger partial charge is 0.247 e. The monoisotopic (exact) mass is 552 g/mol. The van der Waals surface area contributed by atoms with E-state index in [1.165, 1.54) is 21.0 Å². The van der Waals surface area contributed by atoms with E-state index >= 15 is 0 Å². The Morgan fingerprint density at radius 2 is 1.82 bits per heavy atom. The van der Waals surface area contributed by atoms with E-state index in [2.05, 4.69) is 20.7 Å². The number of carbonyl (C=O) groups is 2. The van der Waals surface area contributed by atoms with Crippen LogP contribution in [-0.2, 0) is 22.7 Å². The highest BCUT2D eigenvalue weighted by Crippen LogP contribution is 2.27. The van der Waals surface area contributed by atoms with E-state index in [1.54, 1.807) is 31.4 Å². The maximum absolute atomic E-state index is 13.9. The van der Waals surface area contributed by atoms with Crippen molar-refractivity contribution in [3.8, 4) is 16.5 Å². The first-order valence-corrected chi connectivity index (χ1v) is 13.2. The van der Waals surface area contributed by atoms with Gasteiger partial charge >= 0.3 is 0 Å². The molecule has 0 aliphatic heterocycles. The van der Waals surface area contributed by atoms with Crippen molar-refractivity contribution in [2.45, 2.75) is 45.4 Å². The first kappa shape index (κ1) is 27.3. The minimum atomic E-state index is -0.929. The van der Waals surface area contributed by atoms with E-state index in [0.29, 0.717) is 22.2 Å². The molecule has 0 saturated carbocycles. The maximum atomic E-state index is 13.9. The van der Waals surface area contributed by atoms with Gasteiger partial charge in [-0.25, -0.2) is 0 Å². The predicted octanol–water partition coefficient (Wildman–Crippen LogP) is 4.75. The number of benzene rings is 2. The Bertz CT molecular complexity index is 1370. The largest absolute Gasteiger partial charge is 0.497 e. The number of carbonyl (C=O) groups excluding carboxylic acids is 2. The molecule has 0 bridgehead atoms. The Labute approximate surface area is 230 Å². The lowest BCUT2D eigenvalue weighted by Gasteiger charge is -2.33. The van der Waals surface area contributed by atoms with Crippen LogP contribution in [0.5, 0.6) is 5.75 Å². The quantitative estimate of drug-likeness (QED) is 0.321. The van der Waals surface area contributed by atoms with Crippen LogP contribution in [0.4, 0.5) is 0 Å². The zero-order valence-electron chi connectivity index (χ0n) is 21.6. The van der Waals surface area contributed by atoms with Crippen LogP contribution in [0, 0.1) is 0 Å². The Morgan fingerprint density at radius 1 is 1.11 bits per heavy atom. The van der Waals surface area contributed by atoms with Gasteiger partial charge in [0.25, 0.3) is 0 Å². The highest BCUT2D eigenvalue weighted by atomic mass is 35.5. The Morgan fingerprint density at radius 3 is 2.42 bits per heavy atom. The number of ether oxygens (including phenoxy) is 1. The summed E-state index contributed by atoms with van der Waals surface area (Å²) in [5.74, 6) is 0.473. The molecule has 2 aromatic heterocycles. The van der Waals surface area contributed by atoms with Gasteiger partial charge in [0.05, 0.1) is 12.0 Å². The van der Waals surface area contributed by atoms with Crippen molar-refractivity contribution >= 4 is 34.8 Å². The number of methoxy groups -OCH3 is 1. The molecule has 0 aliphatic rings. The van der Waals surface area contributed by atoms with E-state index in [9.17, 15) is 9.59 Å². The molecule has 0 radical (unpaired) electrons. The number of amides is 2. The standard InChI is InChI=1S/C27H29ClN6O3S/c1-27(2,3)29-26(36)24(19-9-11-20(28)12-10-19)33(16-18-7-13-21(37-4)14-8-18)23(35)17-34-31-25(30-32-34)22-6-5-15-38-22/h5-15,24H,16-17H2,1-4H3,(H,29,36)/t24-/m1/s1. The Hall–Kier alpha value is -3.76. The summed E-state index contributed by atoms with van der Waals surface area (Å²) >= 11 is 7.62. The summed E-state index contributed by atoms with van der Waals surface area (Å²) in [5, 5.41) is 18.0. The lowest BCUT2D eigenvalue weighted by atomic mass is 10.0. The second-order valence-electron chi connectivity index (χ2n) is 9.68. The molecule has 1 N–H and O–H groups in total. The normalized spacial score (nSPS) is 12.1. The summed E-state index contributed by atoms with van der Waals surface area (Å²) in [4.78, 5) is 31.2. The Kier molecular flexibility index (Phi) is 8.43. The molecule has 2 amide bonds. The van der Waals surface area contributed by atoms with Gasteiger partial charge in [0, 0.05) is 17.1 Å². The van der Waals surface area contributed by atoms with Gasteiger partial charge in [-0.05, 0) is 72.8 Å². The third-order valence-electron chi connectivity index (χ3n) is 5.55. The van der Waals surface area contributed by atoms with E-state index < -0.39 is 11.6 Å². The molecule has 0 saturated heterocycles. The second kappa shape index (κ2) is 11.7. The van der Waals surface area contributed by atoms with Gasteiger partial charge in [0.15, 0.2) is 0 Å². The van der Waals surface area contributed by atoms with Crippen LogP contribution >= 0.6 is 22.9 Å². The molecular weight excluding hydrogens is 524 g/mol. The predicted molar refractivity (Wildman–Crippen MR) is 147 cm³/mol. The summed E-state index contributed by atoms with van der Waals surface area (Å²) in [6.45, 7) is 5.66. The summed E-state index contributed by atoms with van der Waals surface area (Å²) in [5.41, 5.74) is 0.941. The summed E-state index contributed by atoms with van der Waals surface area (Å²) < 4.78 is 5.27. The molecule has 2 aromatic carbocycles. The number of nitrogens with one attached hydrogen (secondary N) is 1. The summed E-state index contributed by atoms with van der Waals surface area (Å²) in [6, 6.07) is 17.1. The molecule has 4 aromatic rings. The molecular formula is C27H29ClN6O3S. The number of hydrogen-bond acceptors (Lipinski definition) is 7. The highest BCUT2D eigenvalue weighted by molar-refractivity contribution is 7.13. The third kappa shape index (κ3) is 6.96. The maximum Gasteiger partial charge on any atom is 0.247 e. The van der Waals surface area contributed by atoms with E-state index in [1.807, 2.05) is 62.5 Å². The summed E-state index contributed by atoms with van der Waals surface area (Å²) in [7, 11) is 1.59. The number of nitrogens with zero attached hydrogens (tertiary/aromatic N) is 5. The molecule has 1 atom stereocenters. The van der Waals surface area contributed by atoms with Crippen molar-refractivity contribution in [2.75, 3.05) is 7.11 Å². The minimum Gasteiger partial charge on any atom is -0.497 e. The average molecular weight is 553 g/mol. The highest BCUT2D eigenvalue weighted by Gasteiger charge is 2.34. The Balaban J connectivity index is 1.70. The topological polar surface area (TPSA) is 102 Å². The fraction of sp³-hybridized carbons (Fsp3) is 0.296. The van der Waals surface area contributed by atoms with Crippen molar-refractivity contribution in [3.05, 3.63) is 82.2 Å². The van der Waals surface area contributed by atoms with Crippen LogP contribution in [0.3, 0.4) is 0 Å². The fourth-order valence-electron chi connectivity index (χ4n) is 3.83. The zero-order chi connectivity index (χ0) is 27.3. The number of halogens is 1. The molecule has 11 heteroatoms. The molecule has 2 heterocycles. The third-order valence-corrected chi connectivity index (χ3v) is 6.67. The SMILES string of the molecule is COc1ccc(CN(C(=O)Cn2nnc(-c3cccs3)n2)[C@@H](C(=O)NC(C)(C)C)c2ccc(Cl)cc2)cc1. The van der Waals surface area contributed by atoms with E-state index in [-0.39, 0.29) is 24.9 Å². The lowest BCUT2D eigenvalue weighted by molar-refractivity contribution is -0.143. The van der Waals surface area contributed by atoms with Gasteiger partial charge < -0.3 is 15.0 Å². The van der Waals surface area contributed by atoms with Crippen LogP contribution < -0.4 is 10.1 Å². The second-order valence-corrected chi connectivity index (χ2v) is 11.1. The number of rotatable bonds is 9. The van der Waals surface area contributed by atoms with E-state index in [4.69, 9.17) is 16.3 Å². The van der Waals surface area contributed by atoms with Crippen LogP contribution in [0.2, 0.25) is 5.02 Å². The number of hydrogen-bond donors (Lipinski definition) is 1. The summed E-state index contributed by atoms with van der Waals surface area (Å²) in [6.07, 6.45) is 0. The average Bonchev–Trinajstić information content (AvgIpc) is 3.56. The van der Waals surface area contributed by atoms with Gasteiger partial charge in [0.1, 0.15) is 18.3 Å². The van der Waals surface area contributed by atoms with Gasteiger partial charge in [-0.1, -0.05) is 41.9 Å². The fourth-order valence-corrected chi connectivity index (χ4v) is 4.61. The van der Waals surface area contributed by atoms with Crippen molar-refractivity contribution < 1.29 is 14.3 Å². The van der Waals surface area contributed by atoms with Crippen LogP contribution in [0.1, 0.15) is 37.9 Å². The zero-order valence-corrected chi connectivity index (χ0v) is 23.2. The van der Waals surface area contributed by atoms with Gasteiger partial charge in [-0.2, -0.15) is 4.80 Å². The van der Waals surface area contributed by atoms with E-state index in [0.717, 1.165) is 10.4 Å². The van der Waals surface area contributed by atoms with Crippen molar-refractivity contribution in [1.29, 1.82) is 0 Å². The van der Waals surface area contributed by atoms with Crippen LogP contribution in [0.25, 0.3) is 10.7 Å². The first-order valence-electron chi connectivity index (χ1n) is 11.9. The number of aromatic nitrogens is 4. The van der Waals surface area contributed by atoms with Crippen LogP contribution in [-0.4, -0.2) is 49.6 Å². The molecule has 4 rings (SSSR count). The molecule has 198 valence electrons. The van der Waals surface area contributed by atoms with Crippen LogP contribution in [0.15, 0.2) is 66.0 Å². The van der Waals surface area contributed by atoms with Gasteiger partial charge in [0.2, 0.25) is 17.6 Å².